The zero-order valence-corrected chi connectivity index (χ0v) is 13.2. The summed E-state index contributed by atoms with van der Waals surface area (Å²) in [5.41, 5.74) is 3.60. The first-order valence-corrected chi connectivity index (χ1v) is 8.40. The molecule has 1 atom stereocenters. The Balaban J connectivity index is 1.73. The van der Waals surface area contributed by atoms with E-state index < -0.39 is 0 Å². The van der Waals surface area contributed by atoms with Crippen LogP contribution in [0.2, 0.25) is 0 Å². The molecule has 1 aliphatic heterocycles. The van der Waals surface area contributed by atoms with Gasteiger partial charge in [0.05, 0.1) is 6.54 Å². The van der Waals surface area contributed by atoms with Gasteiger partial charge in [0.25, 0.3) is 0 Å². The Kier molecular flexibility index (Phi) is 3.53. The number of nitrogens with zero attached hydrogens (tertiary/aromatic N) is 1. The summed E-state index contributed by atoms with van der Waals surface area (Å²) in [6.07, 6.45) is 6.20. The second kappa shape index (κ2) is 5.69. The molecule has 0 bridgehead atoms. The molecule has 0 spiro atoms. The largest absolute Gasteiger partial charge is 0.311 e. The molecule has 1 aliphatic carbocycles. The van der Waals surface area contributed by atoms with Crippen molar-refractivity contribution in [3.05, 3.63) is 83.6 Å². The van der Waals surface area contributed by atoms with Gasteiger partial charge in [0.15, 0.2) is 0 Å². The molecule has 116 valence electrons. The lowest BCUT2D eigenvalue weighted by Crippen LogP contribution is -2.31. The monoisotopic (exact) mass is 303 g/mol. The fourth-order valence-electron chi connectivity index (χ4n) is 4.09. The van der Waals surface area contributed by atoms with E-state index in [1.54, 1.807) is 0 Å². The molecule has 1 saturated heterocycles. The van der Waals surface area contributed by atoms with E-state index in [-0.39, 0.29) is 11.3 Å². The van der Waals surface area contributed by atoms with Crippen molar-refractivity contribution in [1.29, 1.82) is 0 Å². The number of rotatable bonds is 3. The quantitative estimate of drug-likeness (QED) is 0.821. The van der Waals surface area contributed by atoms with Crippen LogP contribution in [0.5, 0.6) is 0 Å². The Labute approximate surface area is 137 Å². The molecule has 1 heterocycles. The summed E-state index contributed by atoms with van der Waals surface area (Å²) in [7, 11) is 0. The maximum atomic E-state index is 12.8. The Hall–Kier alpha value is -2.35. The SMILES string of the molecule is O=C1CC2(c3ccccc3)CCCC=C2N1Cc1ccccc1. The van der Waals surface area contributed by atoms with E-state index in [0.29, 0.717) is 13.0 Å². The number of allylic oxidation sites excluding steroid dienone is 2. The first-order chi connectivity index (χ1) is 11.3. The number of amides is 1. The van der Waals surface area contributed by atoms with Crippen LogP contribution in [0.1, 0.15) is 36.8 Å². The normalized spacial score (nSPS) is 23.6. The molecule has 1 amide bonds. The second-order valence-electron chi connectivity index (χ2n) is 6.57. The molecule has 1 unspecified atom stereocenters. The van der Waals surface area contributed by atoms with Crippen molar-refractivity contribution >= 4 is 5.91 Å². The van der Waals surface area contributed by atoms with Gasteiger partial charge in [-0.3, -0.25) is 4.79 Å². The fraction of sp³-hybridized carbons (Fsp3) is 0.286. The third kappa shape index (κ3) is 2.39. The first kappa shape index (κ1) is 14.3. The maximum Gasteiger partial charge on any atom is 0.228 e. The van der Waals surface area contributed by atoms with Crippen LogP contribution in [0.25, 0.3) is 0 Å². The van der Waals surface area contributed by atoms with Crippen LogP contribution < -0.4 is 0 Å². The molecule has 0 radical (unpaired) electrons. The number of benzene rings is 2. The third-order valence-corrected chi connectivity index (χ3v) is 5.19. The first-order valence-electron chi connectivity index (χ1n) is 8.40. The number of carbonyl (C=O) groups is 1. The predicted octanol–water partition coefficient (Wildman–Crippen LogP) is 4.42. The van der Waals surface area contributed by atoms with Gasteiger partial charge in [0.1, 0.15) is 0 Å². The molecule has 0 saturated carbocycles. The Morgan fingerprint density at radius 1 is 0.957 bits per heavy atom. The van der Waals surface area contributed by atoms with Crippen molar-refractivity contribution in [2.24, 2.45) is 0 Å². The molecule has 2 aliphatic rings. The van der Waals surface area contributed by atoms with E-state index in [9.17, 15) is 4.79 Å². The predicted molar refractivity (Wildman–Crippen MR) is 91.7 cm³/mol. The Bertz CT molecular complexity index is 735. The molecule has 23 heavy (non-hydrogen) atoms. The second-order valence-corrected chi connectivity index (χ2v) is 6.57. The lowest BCUT2D eigenvalue weighted by Gasteiger charge is -2.35. The highest BCUT2D eigenvalue weighted by Crippen LogP contribution is 2.50. The van der Waals surface area contributed by atoms with E-state index in [0.717, 1.165) is 19.3 Å². The summed E-state index contributed by atoms with van der Waals surface area (Å²) < 4.78 is 0. The summed E-state index contributed by atoms with van der Waals surface area (Å²) in [6, 6.07) is 20.9. The smallest absolute Gasteiger partial charge is 0.228 e. The lowest BCUT2D eigenvalue weighted by atomic mass is 9.70. The zero-order valence-electron chi connectivity index (χ0n) is 13.2. The van der Waals surface area contributed by atoms with E-state index in [4.69, 9.17) is 0 Å². The standard InChI is InChI=1S/C21H21NO/c23-20-15-21(18-11-5-2-6-12-18)14-8-7-13-19(21)22(20)16-17-9-3-1-4-10-17/h1-6,9-13H,7-8,14-16H2. The molecule has 1 fully saturated rings. The van der Waals surface area contributed by atoms with Crippen molar-refractivity contribution in [2.75, 3.05) is 0 Å². The van der Waals surface area contributed by atoms with Gasteiger partial charge in [-0.05, 0) is 30.4 Å². The number of fused-ring (bicyclic) bond motifs is 1. The number of likely N-dealkylation sites (tertiary alicyclic amines) is 1. The molecular formula is C21H21NO. The highest BCUT2D eigenvalue weighted by Gasteiger charge is 2.49. The summed E-state index contributed by atoms with van der Waals surface area (Å²) >= 11 is 0. The van der Waals surface area contributed by atoms with Crippen LogP contribution in [0.3, 0.4) is 0 Å². The van der Waals surface area contributed by atoms with Crippen molar-refractivity contribution < 1.29 is 4.79 Å². The molecule has 2 nitrogen and oxygen atoms in total. The zero-order chi connectivity index (χ0) is 15.7. The van der Waals surface area contributed by atoms with Crippen molar-refractivity contribution in [3.63, 3.8) is 0 Å². The third-order valence-electron chi connectivity index (χ3n) is 5.19. The van der Waals surface area contributed by atoms with Gasteiger partial charge in [-0.15, -0.1) is 0 Å². The van der Waals surface area contributed by atoms with Gasteiger partial charge in [0, 0.05) is 17.5 Å². The van der Waals surface area contributed by atoms with E-state index in [1.807, 2.05) is 29.2 Å². The molecule has 2 aromatic rings. The molecule has 2 heteroatoms. The van der Waals surface area contributed by atoms with Crippen LogP contribution in [0.4, 0.5) is 0 Å². The van der Waals surface area contributed by atoms with E-state index in [2.05, 4.69) is 42.5 Å². The van der Waals surface area contributed by atoms with Crippen LogP contribution in [0.15, 0.2) is 72.4 Å². The molecular weight excluding hydrogens is 282 g/mol. The minimum absolute atomic E-state index is 0.106. The number of hydrogen-bond donors (Lipinski definition) is 0. The average molecular weight is 303 g/mol. The van der Waals surface area contributed by atoms with Gasteiger partial charge in [-0.25, -0.2) is 0 Å². The molecule has 2 aromatic carbocycles. The van der Waals surface area contributed by atoms with Crippen LogP contribution >= 0.6 is 0 Å². The van der Waals surface area contributed by atoms with Crippen LogP contribution in [-0.4, -0.2) is 10.8 Å². The fourth-order valence-corrected chi connectivity index (χ4v) is 4.09. The van der Waals surface area contributed by atoms with Crippen LogP contribution in [-0.2, 0) is 16.8 Å². The molecule has 0 aromatic heterocycles. The summed E-state index contributed by atoms with van der Waals surface area (Å²) in [4.78, 5) is 14.8. The van der Waals surface area contributed by atoms with Gasteiger partial charge < -0.3 is 4.90 Å². The summed E-state index contributed by atoms with van der Waals surface area (Å²) in [5.74, 6) is 0.255. The van der Waals surface area contributed by atoms with E-state index in [1.165, 1.54) is 16.8 Å². The van der Waals surface area contributed by atoms with Gasteiger partial charge >= 0.3 is 0 Å². The van der Waals surface area contributed by atoms with Crippen molar-refractivity contribution in [2.45, 2.75) is 37.6 Å². The van der Waals surface area contributed by atoms with Gasteiger partial charge in [0.2, 0.25) is 5.91 Å². The highest BCUT2D eigenvalue weighted by atomic mass is 16.2. The number of carbonyl (C=O) groups excluding carboxylic acids is 1. The minimum Gasteiger partial charge on any atom is -0.311 e. The summed E-state index contributed by atoms with van der Waals surface area (Å²) in [6.45, 7) is 0.681. The average Bonchev–Trinajstić information content (AvgIpc) is 2.90. The Morgan fingerprint density at radius 3 is 2.39 bits per heavy atom. The van der Waals surface area contributed by atoms with Gasteiger partial charge in [-0.2, -0.15) is 0 Å². The number of hydrogen-bond acceptors (Lipinski definition) is 1. The highest BCUT2D eigenvalue weighted by molar-refractivity contribution is 5.85. The van der Waals surface area contributed by atoms with Gasteiger partial charge in [-0.1, -0.05) is 66.7 Å². The van der Waals surface area contributed by atoms with Crippen molar-refractivity contribution in [1.82, 2.24) is 4.90 Å². The minimum atomic E-state index is -0.106. The van der Waals surface area contributed by atoms with Crippen molar-refractivity contribution in [3.8, 4) is 0 Å². The van der Waals surface area contributed by atoms with Crippen LogP contribution in [0, 0.1) is 0 Å². The maximum absolute atomic E-state index is 12.8. The van der Waals surface area contributed by atoms with E-state index >= 15 is 0 Å². The Morgan fingerprint density at radius 2 is 1.65 bits per heavy atom. The molecule has 4 rings (SSSR count). The lowest BCUT2D eigenvalue weighted by molar-refractivity contribution is -0.127. The topological polar surface area (TPSA) is 20.3 Å². The summed E-state index contributed by atoms with van der Waals surface area (Å²) in [5, 5.41) is 0. The molecule has 0 N–H and O–H groups in total.